The maximum atomic E-state index is 12.5. The van der Waals surface area contributed by atoms with Gasteiger partial charge in [0.15, 0.2) is 11.5 Å². The number of hydrogen-bond donors (Lipinski definition) is 2. The molecule has 0 bridgehead atoms. The van der Waals surface area contributed by atoms with E-state index in [2.05, 4.69) is 9.82 Å². The minimum absolute atomic E-state index is 0. The quantitative estimate of drug-likeness (QED) is 0.585. The van der Waals surface area contributed by atoms with Gasteiger partial charge in [0.05, 0.1) is 25.3 Å². The Balaban J connectivity index is 0.00000280. The molecule has 10 heteroatoms. The highest BCUT2D eigenvalue weighted by Gasteiger charge is 2.14. The van der Waals surface area contributed by atoms with Crippen molar-refractivity contribution in [2.45, 2.75) is 6.42 Å². The average molecular weight is 426 g/mol. The molecule has 0 radical (unpaired) electrons. The van der Waals surface area contributed by atoms with Crippen molar-refractivity contribution in [2.75, 3.05) is 18.9 Å². The molecule has 2 aromatic carbocycles. The van der Waals surface area contributed by atoms with Gasteiger partial charge in [-0.25, -0.2) is 13.1 Å². The number of benzene rings is 2. The molecular weight excluding hydrogens is 406 g/mol. The first-order valence-electron chi connectivity index (χ1n) is 8.05. The number of methoxy groups -OCH3 is 2. The van der Waals surface area contributed by atoms with Crippen LogP contribution in [-0.2, 0) is 24.4 Å². The molecule has 0 aliphatic rings. The molecule has 0 saturated carbocycles. The number of rotatable bonds is 6. The van der Waals surface area contributed by atoms with E-state index in [4.69, 9.17) is 9.47 Å². The molecule has 0 aliphatic carbocycles. The molecule has 0 aliphatic heterocycles. The highest BCUT2D eigenvalue weighted by Crippen LogP contribution is 2.32. The Kier molecular flexibility index (Phi) is 6.87. The summed E-state index contributed by atoms with van der Waals surface area (Å²) in [6.07, 6.45) is 0.462. The van der Waals surface area contributed by atoms with Crippen molar-refractivity contribution in [1.82, 2.24) is 9.78 Å². The van der Waals surface area contributed by atoms with E-state index in [-0.39, 0.29) is 18.0 Å². The molecule has 1 aromatic heterocycles. The van der Waals surface area contributed by atoms with Gasteiger partial charge in [0.1, 0.15) is 0 Å². The molecule has 0 unspecified atom stereocenters. The molecular formula is C18H20ClN3O5S. The van der Waals surface area contributed by atoms with Gasteiger partial charge in [-0.2, -0.15) is 5.10 Å². The van der Waals surface area contributed by atoms with Gasteiger partial charge in [0, 0.05) is 24.5 Å². The summed E-state index contributed by atoms with van der Waals surface area (Å²) >= 11 is 0. The molecule has 150 valence electrons. The summed E-state index contributed by atoms with van der Waals surface area (Å²) in [5.74, 6) is 0.988. The minimum atomic E-state index is -2.70. The molecule has 1 heterocycles. The second-order valence-corrected chi connectivity index (χ2v) is 6.61. The summed E-state index contributed by atoms with van der Waals surface area (Å²) in [6, 6.07) is 10.4. The summed E-state index contributed by atoms with van der Waals surface area (Å²) in [7, 11) is 1.94. The third-order valence-electron chi connectivity index (χ3n) is 4.18. The number of aryl methyl sites for hydroxylation is 1. The highest BCUT2D eigenvalue weighted by molar-refractivity contribution is 7.73. The summed E-state index contributed by atoms with van der Waals surface area (Å²) in [5.41, 5.74) is 1.88. The van der Waals surface area contributed by atoms with Crippen molar-refractivity contribution in [3.63, 3.8) is 0 Å². The molecule has 0 spiro atoms. The molecule has 0 fully saturated rings. The summed E-state index contributed by atoms with van der Waals surface area (Å²) < 4.78 is 35.7. The zero-order chi connectivity index (χ0) is 19.6. The standard InChI is InChI=1S/C18H19N3O5S.ClH/c1-21-18(22)14-10-17(26-3)16(25-2)9-13(14)15(19-21)8-11-4-6-12(7-5-11)20-27(23)24;/h4-7,9-10,27H,8H2,1-3H3,(H,20,23,24);1H. The fourth-order valence-electron chi connectivity index (χ4n) is 2.88. The number of fused-ring (bicyclic) bond motifs is 1. The van der Waals surface area contributed by atoms with E-state index in [1.807, 2.05) is 0 Å². The fourth-order valence-corrected chi connectivity index (χ4v) is 3.24. The lowest BCUT2D eigenvalue weighted by Crippen LogP contribution is -2.21. The SMILES string of the molecule is COc1cc2c(Cc3ccc(N[SH](=O)=O)cc3)nn(C)c(=O)c2cc1OC.Cl. The smallest absolute Gasteiger partial charge is 0.274 e. The average Bonchev–Trinajstić information content (AvgIpc) is 2.66. The topological polar surface area (TPSA) is 99.5 Å². The lowest BCUT2D eigenvalue weighted by atomic mass is 10.0. The molecule has 0 amide bonds. The number of thiol groups is 1. The van der Waals surface area contributed by atoms with E-state index in [0.29, 0.717) is 40.1 Å². The lowest BCUT2D eigenvalue weighted by Gasteiger charge is -2.13. The molecule has 8 nitrogen and oxygen atoms in total. The first kappa shape index (κ1) is 21.5. The number of nitrogens with zero attached hydrogens (tertiary/aromatic N) is 2. The number of nitrogens with one attached hydrogen (secondary N) is 1. The van der Waals surface area contributed by atoms with Crippen LogP contribution < -0.4 is 19.8 Å². The lowest BCUT2D eigenvalue weighted by molar-refractivity contribution is 0.355. The van der Waals surface area contributed by atoms with Crippen molar-refractivity contribution < 1.29 is 17.9 Å². The van der Waals surface area contributed by atoms with E-state index in [9.17, 15) is 13.2 Å². The monoisotopic (exact) mass is 425 g/mol. The third-order valence-corrected chi connectivity index (χ3v) is 4.62. The Morgan fingerprint density at radius 1 is 1.04 bits per heavy atom. The van der Waals surface area contributed by atoms with E-state index < -0.39 is 10.9 Å². The van der Waals surface area contributed by atoms with Crippen LogP contribution in [0.3, 0.4) is 0 Å². The van der Waals surface area contributed by atoms with Crippen LogP contribution >= 0.6 is 12.4 Å². The molecule has 3 rings (SSSR count). The summed E-state index contributed by atoms with van der Waals surface area (Å²) in [6.45, 7) is 0. The van der Waals surface area contributed by atoms with Crippen LogP contribution in [0, 0.1) is 0 Å². The van der Waals surface area contributed by atoms with Crippen LogP contribution in [-0.4, -0.2) is 32.4 Å². The minimum Gasteiger partial charge on any atom is -0.493 e. The Labute approximate surface area is 169 Å². The number of ether oxygens (including phenoxy) is 2. The van der Waals surface area contributed by atoms with E-state index in [1.165, 1.54) is 18.9 Å². The number of aromatic nitrogens is 2. The Bertz CT molecular complexity index is 1120. The van der Waals surface area contributed by atoms with E-state index >= 15 is 0 Å². The number of anilines is 1. The predicted octanol–water partition coefficient (Wildman–Crippen LogP) is 1.90. The second kappa shape index (κ2) is 8.94. The normalized spacial score (nSPS) is 10.6. The van der Waals surface area contributed by atoms with Crippen molar-refractivity contribution in [1.29, 1.82) is 0 Å². The van der Waals surface area contributed by atoms with Gasteiger partial charge in [-0.05, 0) is 29.8 Å². The van der Waals surface area contributed by atoms with Crippen LogP contribution in [0.25, 0.3) is 10.8 Å². The zero-order valence-corrected chi connectivity index (χ0v) is 17.2. The highest BCUT2D eigenvalue weighted by atomic mass is 35.5. The zero-order valence-electron chi connectivity index (χ0n) is 15.5. The van der Waals surface area contributed by atoms with Crippen molar-refractivity contribution in [2.24, 2.45) is 7.05 Å². The van der Waals surface area contributed by atoms with E-state index in [1.54, 1.807) is 43.4 Å². The number of hydrogen-bond acceptors (Lipinski definition) is 6. The van der Waals surface area contributed by atoms with Gasteiger partial charge in [-0.1, -0.05) is 12.1 Å². The van der Waals surface area contributed by atoms with Crippen LogP contribution in [0.4, 0.5) is 5.69 Å². The first-order valence-corrected chi connectivity index (χ1v) is 9.22. The summed E-state index contributed by atoms with van der Waals surface area (Å²) in [4.78, 5) is 12.5. The van der Waals surface area contributed by atoms with Crippen LogP contribution in [0.15, 0.2) is 41.2 Å². The first-order chi connectivity index (χ1) is 12.9. The molecule has 3 aromatic rings. The van der Waals surface area contributed by atoms with Crippen LogP contribution in [0.2, 0.25) is 0 Å². The maximum absolute atomic E-state index is 12.5. The van der Waals surface area contributed by atoms with Gasteiger partial charge < -0.3 is 9.47 Å². The Morgan fingerprint density at radius 3 is 2.14 bits per heavy atom. The van der Waals surface area contributed by atoms with Gasteiger partial charge in [0.2, 0.25) is 10.9 Å². The van der Waals surface area contributed by atoms with Gasteiger partial charge >= 0.3 is 0 Å². The fraction of sp³-hybridized carbons (Fsp3) is 0.222. The molecule has 0 atom stereocenters. The molecule has 28 heavy (non-hydrogen) atoms. The predicted molar refractivity (Wildman–Crippen MR) is 111 cm³/mol. The summed E-state index contributed by atoms with van der Waals surface area (Å²) in [5, 5.41) is 5.56. The maximum Gasteiger partial charge on any atom is 0.274 e. The van der Waals surface area contributed by atoms with Crippen molar-refractivity contribution >= 4 is 39.8 Å². The Hall–Kier alpha value is -2.78. The van der Waals surface area contributed by atoms with Gasteiger partial charge in [-0.3, -0.25) is 9.52 Å². The molecule has 1 N–H and O–H groups in total. The second-order valence-electron chi connectivity index (χ2n) is 5.87. The third kappa shape index (κ3) is 4.37. The largest absolute Gasteiger partial charge is 0.493 e. The Morgan fingerprint density at radius 2 is 1.61 bits per heavy atom. The van der Waals surface area contributed by atoms with E-state index in [0.717, 1.165) is 5.56 Å². The van der Waals surface area contributed by atoms with Crippen molar-refractivity contribution in [3.8, 4) is 11.5 Å². The molecule has 0 saturated heterocycles. The van der Waals surface area contributed by atoms with Crippen LogP contribution in [0.5, 0.6) is 11.5 Å². The van der Waals surface area contributed by atoms with Crippen LogP contribution in [0.1, 0.15) is 11.3 Å². The van der Waals surface area contributed by atoms with Gasteiger partial charge in [0.25, 0.3) is 5.56 Å². The van der Waals surface area contributed by atoms with Crippen molar-refractivity contribution in [3.05, 3.63) is 58.0 Å². The number of halogens is 1. The van der Waals surface area contributed by atoms with Gasteiger partial charge in [-0.15, -0.1) is 12.4 Å².